The Morgan fingerprint density at radius 1 is 0.795 bits per heavy atom. The molecule has 6 rings (SSSR count). The van der Waals surface area contributed by atoms with Crippen molar-refractivity contribution in [3.05, 3.63) is 102 Å². The second kappa shape index (κ2) is 10.8. The van der Waals surface area contributed by atoms with Gasteiger partial charge in [-0.15, -0.1) is 0 Å². The van der Waals surface area contributed by atoms with Crippen LogP contribution in [-0.4, -0.2) is 70.0 Å². The highest BCUT2D eigenvalue weighted by Crippen LogP contribution is 2.48. The van der Waals surface area contributed by atoms with Gasteiger partial charge in [0.15, 0.2) is 0 Å². The fraction of sp³-hybridized carbons (Fsp3) is 0.375. The van der Waals surface area contributed by atoms with Gasteiger partial charge in [-0.2, -0.15) is 0 Å². The number of carboxylic acid groups (broad SMARTS) is 1. The van der Waals surface area contributed by atoms with E-state index >= 15 is 0 Å². The molecule has 0 aromatic heterocycles. The number of aliphatic hydroxyl groups excluding tert-OH is 1. The number of hydrogen-bond acceptors (Lipinski definition) is 4. The summed E-state index contributed by atoms with van der Waals surface area (Å²) in [6.45, 7) is 0.678. The van der Waals surface area contributed by atoms with E-state index in [1.807, 2.05) is 88.7 Å². The highest BCUT2D eigenvalue weighted by molar-refractivity contribution is 5.97. The summed E-state index contributed by atoms with van der Waals surface area (Å²) in [7, 11) is 0. The first-order valence-electron chi connectivity index (χ1n) is 14.0. The first kappa shape index (κ1) is 25.6. The molecule has 39 heavy (non-hydrogen) atoms. The number of para-hydroxylation sites is 1. The Balaban J connectivity index is 1.26. The van der Waals surface area contributed by atoms with Crippen molar-refractivity contribution < 1.29 is 19.8 Å². The van der Waals surface area contributed by atoms with Crippen LogP contribution in [0.1, 0.15) is 54.2 Å². The number of urea groups is 1. The summed E-state index contributed by atoms with van der Waals surface area (Å²) >= 11 is 0. The van der Waals surface area contributed by atoms with Gasteiger partial charge in [0, 0.05) is 43.2 Å². The van der Waals surface area contributed by atoms with Crippen molar-refractivity contribution in [2.24, 2.45) is 0 Å². The standard InChI is InChI=1S/C32H35N3O4/c36-30(29(22-11-3-1-4-12-22)23-13-5-2-6-14-23)33-19-20-34(28(21-33)31(37)38)32(39)35-26-17-9-7-15-24(26)25-16-8-10-18-27(25)35/h1-7,9,11-15,17,25,27-30,36H,8,10,16,18-21H2,(H,37,38)/t25?,27?,28-,30?/m0/s1. The molecular weight excluding hydrogens is 490 g/mol. The molecule has 3 aromatic rings. The number of benzene rings is 3. The van der Waals surface area contributed by atoms with E-state index < -0.39 is 18.2 Å². The monoisotopic (exact) mass is 525 g/mol. The zero-order valence-electron chi connectivity index (χ0n) is 22.0. The molecule has 3 unspecified atom stereocenters. The van der Waals surface area contributed by atoms with E-state index in [9.17, 15) is 19.8 Å². The first-order valence-corrected chi connectivity index (χ1v) is 14.0. The number of aliphatic carboxylic acids is 1. The van der Waals surface area contributed by atoms with E-state index in [-0.39, 0.29) is 31.1 Å². The van der Waals surface area contributed by atoms with Crippen LogP contribution in [0.2, 0.25) is 0 Å². The van der Waals surface area contributed by atoms with E-state index in [0.29, 0.717) is 12.5 Å². The maximum atomic E-state index is 14.1. The lowest BCUT2D eigenvalue weighted by atomic mass is 9.82. The summed E-state index contributed by atoms with van der Waals surface area (Å²) in [5, 5.41) is 22.0. The molecule has 2 N–H and O–H groups in total. The van der Waals surface area contributed by atoms with Gasteiger partial charge in [-0.3, -0.25) is 9.80 Å². The Hall–Kier alpha value is -3.68. The fourth-order valence-corrected chi connectivity index (χ4v) is 6.92. The number of carbonyl (C=O) groups excluding carboxylic acids is 1. The van der Waals surface area contributed by atoms with Gasteiger partial charge in [-0.25, -0.2) is 9.59 Å². The minimum Gasteiger partial charge on any atom is -0.480 e. The van der Waals surface area contributed by atoms with Crippen molar-refractivity contribution in [2.75, 3.05) is 24.5 Å². The van der Waals surface area contributed by atoms with Gasteiger partial charge < -0.3 is 15.1 Å². The van der Waals surface area contributed by atoms with Crippen LogP contribution in [0.25, 0.3) is 0 Å². The Bertz CT molecular complexity index is 1280. The Morgan fingerprint density at radius 3 is 2.08 bits per heavy atom. The SMILES string of the molecule is O=C(O)[C@@H]1CN(C(O)C(c2ccccc2)c2ccccc2)CCN1C(=O)N1c2ccccc2C2CCCCC21. The molecule has 2 fully saturated rings. The number of nitrogens with zero attached hydrogens (tertiary/aromatic N) is 3. The molecule has 3 aliphatic rings. The zero-order chi connectivity index (χ0) is 26.9. The Morgan fingerprint density at radius 2 is 1.41 bits per heavy atom. The topological polar surface area (TPSA) is 84.3 Å². The van der Waals surface area contributed by atoms with Gasteiger partial charge >= 0.3 is 12.0 Å². The van der Waals surface area contributed by atoms with Gasteiger partial charge in [0.2, 0.25) is 0 Å². The highest BCUT2D eigenvalue weighted by Gasteiger charge is 2.47. The molecule has 2 aliphatic heterocycles. The lowest BCUT2D eigenvalue weighted by Crippen LogP contribution is -2.63. The average Bonchev–Trinajstić information content (AvgIpc) is 3.32. The number of rotatable bonds is 5. The van der Waals surface area contributed by atoms with E-state index in [0.717, 1.165) is 42.5 Å². The second-order valence-corrected chi connectivity index (χ2v) is 10.9. The van der Waals surface area contributed by atoms with E-state index in [4.69, 9.17) is 0 Å². The van der Waals surface area contributed by atoms with Crippen LogP contribution >= 0.6 is 0 Å². The van der Waals surface area contributed by atoms with Crippen LogP contribution in [0.5, 0.6) is 0 Å². The molecule has 7 nitrogen and oxygen atoms in total. The van der Waals surface area contributed by atoms with E-state index in [1.54, 1.807) is 0 Å². The lowest BCUT2D eigenvalue weighted by Gasteiger charge is -2.45. The number of amides is 2. The van der Waals surface area contributed by atoms with Crippen LogP contribution in [0.4, 0.5) is 10.5 Å². The molecule has 2 amide bonds. The number of anilines is 1. The number of hydrogen-bond donors (Lipinski definition) is 2. The number of carbonyl (C=O) groups is 2. The number of carboxylic acids is 1. The largest absolute Gasteiger partial charge is 0.480 e. The van der Waals surface area contributed by atoms with E-state index in [2.05, 4.69) is 6.07 Å². The maximum Gasteiger partial charge on any atom is 0.327 e. The van der Waals surface area contributed by atoms with Crippen LogP contribution in [0.15, 0.2) is 84.9 Å². The third-order valence-corrected chi connectivity index (χ3v) is 8.80. The quantitative estimate of drug-likeness (QED) is 0.496. The molecule has 0 radical (unpaired) electrons. The fourth-order valence-electron chi connectivity index (χ4n) is 6.92. The van der Waals surface area contributed by atoms with Gasteiger partial charge in [0.25, 0.3) is 0 Å². The predicted octanol–water partition coefficient (Wildman–Crippen LogP) is 4.87. The van der Waals surface area contributed by atoms with Crippen LogP contribution in [0.3, 0.4) is 0 Å². The van der Waals surface area contributed by atoms with Crippen LogP contribution < -0.4 is 4.90 Å². The summed E-state index contributed by atoms with van der Waals surface area (Å²) in [5.74, 6) is -1.09. The molecule has 7 heteroatoms. The number of fused-ring (bicyclic) bond motifs is 3. The molecule has 1 saturated heterocycles. The molecule has 3 aromatic carbocycles. The summed E-state index contributed by atoms with van der Waals surface area (Å²) in [4.78, 5) is 31.9. The smallest absolute Gasteiger partial charge is 0.327 e. The number of aliphatic hydroxyl groups is 1. The number of piperazine rings is 1. The molecule has 0 spiro atoms. The zero-order valence-corrected chi connectivity index (χ0v) is 22.0. The maximum absolute atomic E-state index is 14.1. The Kier molecular flexibility index (Phi) is 7.11. The highest BCUT2D eigenvalue weighted by atomic mass is 16.4. The van der Waals surface area contributed by atoms with Crippen molar-refractivity contribution in [1.82, 2.24) is 9.80 Å². The van der Waals surface area contributed by atoms with Gasteiger partial charge in [0.1, 0.15) is 12.3 Å². The molecule has 2 heterocycles. The lowest BCUT2D eigenvalue weighted by molar-refractivity contribution is -0.146. The Labute approximate surface area is 229 Å². The molecule has 202 valence electrons. The molecule has 1 aliphatic carbocycles. The predicted molar refractivity (Wildman–Crippen MR) is 150 cm³/mol. The normalized spacial score (nSPS) is 23.8. The third-order valence-electron chi connectivity index (χ3n) is 8.80. The third kappa shape index (κ3) is 4.70. The summed E-state index contributed by atoms with van der Waals surface area (Å²) in [6, 6.07) is 26.5. The molecular formula is C32H35N3O4. The van der Waals surface area contributed by atoms with Crippen LogP contribution in [-0.2, 0) is 4.79 Å². The molecule has 1 saturated carbocycles. The van der Waals surface area contributed by atoms with E-state index in [1.165, 1.54) is 10.5 Å². The van der Waals surface area contributed by atoms with Crippen LogP contribution in [0, 0.1) is 0 Å². The molecule has 4 atom stereocenters. The van der Waals surface area contributed by atoms with Crippen molar-refractivity contribution in [3.8, 4) is 0 Å². The average molecular weight is 526 g/mol. The minimum absolute atomic E-state index is 0.0575. The molecule has 0 bridgehead atoms. The summed E-state index contributed by atoms with van der Waals surface area (Å²) in [5.41, 5.74) is 4.03. The second-order valence-electron chi connectivity index (χ2n) is 10.9. The van der Waals surface area contributed by atoms with Crippen molar-refractivity contribution >= 4 is 17.7 Å². The first-order chi connectivity index (χ1) is 19.0. The summed E-state index contributed by atoms with van der Waals surface area (Å²) < 4.78 is 0. The van der Waals surface area contributed by atoms with Gasteiger partial charge in [-0.1, -0.05) is 91.7 Å². The van der Waals surface area contributed by atoms with Crippen molar-refractivity contribution in [1.29, 1.82) is 0 Å². The van der Waals surface area contributed by atoms with Crippen molar-refractivity contribution in [3.63, 3.8) is 0 Å². The van der Waals surface area contributed by atoms with Gasteiger partial charge in [-0.05, 0) is 35.6 Å². The van der Waals surface area contributed by atoms with Gasteiger partial charge in [0.05, 0.1) is 0 Å². The van der Waals surface area contributed by atoms with Crippen molar-refractivity contribution in [2.45, 2.75) is 55.8 Å². The summed E-state index contributed by atoms with van der Waals surface area (Å²) in [6.07, 6.45) is 3.26. The minimum atomic E-state index is -1.05.